The molecule has 0 aromatic heterocycles. The third-order valence-electron chi connectivity index (χ3n) is 3.31. The number of para-hydroxylation sites is 1. The Balaban J connectivity index is 1.99. The number of methoxy groups -OCH3 is 1. The fourth-order valence-corrected chi connectivity index (χ4v) is 2.38. The van der Waals surface area contributed by atoms with Crippen molar-refractivity contribution in [1.82, 2.24) is 16.0 Å². The Morgan fingerprint density at radius 1 is 1.29 bits per heavy atom. The largest absolute Gasteiger partial charge is 0.491 e. The van der Waals surface area contributed by atoms with Crippen LogP contribution >= 0.6 is 0 Å². The number of fused-ring (bicyclic) bond motifs is 1. The second-order valence-electron chi connectivity index (χ2n) is 4.61. The SMILES string of the molecule is COCCOc1ccccc1C12N=CNC=C1NC(=O)N2. The van der Waals surface area contributed by atoms with Gasteiger partial charge in [-0.3, -0.25) is 0 Å². The van der Waals surface area contributed by atoms with E-state index in [0.717, 1.165) is 5.56 Å². The van der Waals surface area contributed by atoms with E-state index in [-0.39, 0.29) is 6.03 Å². The fraction of sp³-hybridized carbons (Fsp3) is 0.286. The summed E-state index contributed by atoms with van der Waals surface area (Å²) in [5.74, 6) is 0.656. The Kier molecular flexibility index (Phi) is 3.49. The molecule has 0 aliphatic carbocycles. The molecule has 2 aliphatic heterocycles. The van der Waals surface area contributed by atoms with Crippen LogP contribution in [0.1, 0.15) is 5.56 Å². The van der Waals surface area contributed by atoms with E-state index in [1.54, 1.807) is 19.6 Å². The minimum atomic E-state index is -0.966. The lowest BCUT2D eigenvalue weighted by molar-refractivity contribution is 0.145. The fourth-order valence-electron chi connectivity index (χ4n) is 2.38. The normalized spacial score (nSPS) is 22.7. The first-order valence-corrected chi connectivity index (χ1v) is 6.57. The minimum absolute atomic E-state index is 0.297. The zero-order valence-electron chi connectivity index (χ0n) is 11.6. The molecule has 1 saturated heterocycles. The van der Waals surface area contributed by atoms with Crippen molar-refractivity contribution in [3.05, 3.63) is 41.7 Å². The summed E-state index contributed by atoms with van der Waals surface area (Å²) in [5.41, 5.74) is 0.438. The average molecular weight is 288 g/mol. The molecule has 2 heterocycles. The number of benzene rings is 1. The summed E-state index contributed by atoms with van der Waals surface area (Å²) in [6.07, 6.45) is 3.25. The van der Waals surface area contributed by atoms with Crippen LogP contribution < -0.4 is 20.7 Å². The minimum Gasteiger partial charge on any atom is -0.491 e. The molecule has 0 bridgehead atoms. The van der Waals surface area contributed by atoms with Gasteiger partial charge in [-0.1, -0.05) is 18.2 Å². The number of nitrogens with zero attached hydrogens (tertiary/aromatic N) is 1. The first kappa shape index (κ1) is 13.4. The maximum atomic E-state index is 11.7. The van der Waals surface area contributed by atoms with E-state index in [4.69, 9.17) is 9.47 Å². The predicted molar refractivity (Wildman–Crippen MR) is 76.9 cm³/mol. The lowest BCUT2D eigenvalue weighted by Crippen LogP contribution is -2.40. The summed E-state index contributed by atoms with van der Waals surface area (Å²) in [7, 11) is 1.62. The Morgan fingerprint density at radius 3 is 3.00 bits per heavy atom. The first-order chi connectivity index (χ1) is 10.3. The first-order valence-electron chi connectivity index (χ1n) is 6.57. The van der Waals surface area contributed by atoms with E-state index in [1.165, 1.54) is 0 Å². The molecule has 3 rings (SSSR count). The van der Waals surface area contributed by atoms with Crippen LogP contribution in [0, 0.1) is 0 Å². The van der Waals surface area contributed by atoms with Crippen molar-refractivity contribution in [3.8, 4) is 5.75 Å². The van der Waals surface area contributed by atoms with Gasteiger partial charge in [-0.05, 0) is 6.07 Å². The van der Waals surface area contributed by atoms with Gasteiger partial charge in [0.1, 0.15) is 12.4 Å². The van der Waals surface area contributed by atoms with Crippen LogP contribution in [-0.4, -0.2) is 32.7 Å². The summed E-state index contributed by atoms with van der Waals surface area (Å²) >= 11 is 0. The van der Waals surface area contributed by atoms with Gasteiger partial charge in [-0.25, -0.2) is 9.79 Å². The monoisotopic (exact) mass is 288 g/mol. The van der Waals surface area contributed by atoms with Crippen LogP contribution in [0.5, 0.6) is 5.75 Å². The highest BCUT2D eigenvalue weighted by Gasteiger charge is 2.46. The van der Waals surface area contributed by atoms with E-state index in [0.29, 0.717) is 24.7 Å². The van der Waals surface area contributed by atoms with Crippen molar-refractivity contribution >= 4 is 12.4 Å². The number of ether oxygens (including phenoxy) is 2. The van der Waals surface area contributed by atoms with E-state index in [9.17, 15) is 4.79 Å². The summed E-state index contributed by atoms with van der Waals surface area (Å²) in [6.45, 7) is 0.908. The molecule has 0 spiro atoms. The molecule has 7 nitrogen and oxygen atoms in total. The Labute approximate surface area is 122 Å². The molecule has 0 radical (unpaired) electrons. The number of carbonyl (C=O) groups excluding carboxylic acids is 1. The van der Waals surface area contributed by atoms with Crippen LogP contribution in [0.4, 0.5) is 4.79 Å². The van der Waals surface area contributed by atoms with Gasteiger partial charge >= 0.3 is 6.03 Å². The number of hydrogen-bond donors (Lipinski definition) is 3. The Morgan fingerprint density at radius 2 is 2.14 bits per heavy atom. The number of rotatable bonds is 5. The van der Waals surface area contributed by atoms with Crippen LogP contribution in [-0.2, 0) is 10.4 Å². The molecular weight excluding hydrogens is 272 g/mol. The van der Waals surface area contributed by atoms with Gasteiger partial charge in [0.05, 0.1) is 18.6 Å². The highest BCUT2D eigenvalue weighted by atomic mass is 16.5. The molecule has 1 aromatic rings. The number of aliphatic imine (C=N–C) groups is 1. The quantitative estimate of drug-likeness (QED) is 0.695. The van der Waals surface area contributed by atoms with Gasteiger partial charge in [0.15, 0.2) is 0 Å². The molecule has 2 aliphatic rings. The molecule has 1 unspecified atom stereocenters. The Bertz CT molecular complexity index is 614. The molecule has 21 heavy (non-hydrogen) atoms. The molecule has 1 atom stereocenters. The van der Waals surface area contributed by atoms with Gasteiger partial charge in [0.2, 0.25) is 5.66 Å². The van der Waals surface area contributed by atoms with Gasteiger partial charge in [0, 0.05) is 18.9 Å². The van der Waals surface area contributed by atoms with Crippen LogP contribution in [0.3, 0.4) is 0 Å². The number of carbonyl (C=O) groups is 1. The maximum absolute atomic E-state index is 11.7. The zero-order valence-corrected chi connectivity index (χ0v) is 11.6. The number of amides is 2. The molecule has 2 amide bonds. The number of hydrogen-bond acceptors (Lipinski definition) is 5. The molecule has 110 valence electrons. The second kappa shape index (κ2) is 5.45. The zero-order chi connectivity index (χ0) is 14.7. The highest BCUT2D eigenvalue weighted by molar-refractivity contribution is 5.84. The topological polar surface area (TPSA) is 84.0 Å². The van der Waals surface area contributed by atoms with E-state index in [1.807, 2.05) is 24.3 Å². The summed E-state index contributed by atoms with van der Waals surface area (Å²) in [6, 6.07) is 7.19. The molecule has 3 N–H and O–H groups in total. The second-order valence-corrected chi connectivity index (χ2v) is 4.61. The van der Waals surface area contributed by atoms with E-state index >= 15 is 0 Å². The average Bonchev–Trinajstić information content (AvgIpc) is 2.85. The van der Waals surface area contributed by atoms with Crippen molar-refractivity contribution in [2.45, 2.75) is 5.66 Å². The summed E-state index contributed by atoms with van der Waals surface area (Å²) < 4.78 is 10.7. The van der Waals surface area contributed by atoms with E-state index < -0.39 is 5.66 Å². The lowest BCUT2D eigenvalue weighted by Gasteiger charge is -2.29. The maximum Gasteiger partial charge on any atom is 0.321 e. The van der Waals surface area contributed by atoms with Gasteiger partial charge in [-0.15, -0.1) is 0 Å². The van der Waals surface area contributed by atoms with Crippen LogP contribution in [0.15, 0.2) is 41.2 Å². The van der Waals surface area contributed by atoms with Gasteiger partial charge < -0.3 is 25.4 Å². The predicted octanol–water partition coefficient (Wildman–Crippen LogP) is 0.650. The molecule has 7 heteroatoms. The van der Waals surface area contributed by atoms with Gasteiger partial charge in [-0.2, -0.15) is 0 Å². The number of urea groups is 1. The van der Waals surface area contributed by atoms with Crippen molar-refractivity contribution in [3.63, 3.8) is 0 Å². The summed E-state index contributed by atoms with van der Waals surface area (Å²) in [4.78, 5) is 16.2. The van der Waals surface area contributed by atoms with Crippen molar-refractivity contribution < 1.29 is 14.3 Å². The van der Waals surface area contributed by atoms with Crippen molar-refractivity contribution in [1.29, 1.82) is 0 Å². The highest BCUT2D eigenvalue weighted by Crippen LogP contribution is 2.38. The number of nitrogens with one attached hydrogen (secondary N) is 3. The van der Waals surface area contributed by atoms with Crippen LogP contribution in [0.25, 0.3) is 0 Å². The third-order valence-corrected chi connectivity index (χ3v) is 3.31. The molecule has 0 saturated carbocycles. The van der Waals surface area contributed by atoms with Crippen molar-refractivity contribution in [2.24, 2.45) is 4.99 Å². The smallest absolute Gasteiger partial charge is 0.321 e. The lowest BCUT2D eigenvalue weighted by atomic mass is 9.96. The molecule has 1 fully saturated rings. The third kappa shape index (κ3) is 2.31. The standard InChI is InChI=1S/C14H16N4O3/c1-20-6-7-21-11-5-3-2-4-10(11)14-12(8-15-9-16-14)17-13(19)18-14/h2-5,8-9H,6-7H2,1H3,(H,15,16)(H2,17,18,19). The summed E-state index contributed by atoms with van der Waals surface area (Å²) in [5, 5.41) is 8.47. The van der Waals surface area contributed by atoms with Gasteiger partial charge in [0.25, 0.3) is 0 Å². The molecular formula is C14H16N4O3. The Hall–Kier alpha value is -2.54. The molecule has 1 aromatic carbocycles. The van der Waals surface area contributed by atoms with Crippen molar-refractivity contribution in [2.75, 3.05) is 20.3 Å². The van der Waals surface area contributed by atoms with E-state index in [2.05, 4.69) is 20.9 Å². The van der Waals surface area contributed by atoms with Crippen LogP contribution in [0.2, 0.25) is 0 Å².